The fraction of sp³-hybridized carbons (Fsp3) is 0.176. The summed E-state index contributed by atoms with van der Waals surface area (Å²) in [5.41, 5.74) is 3.05. The smallest absolute Gasteiger partial charge is 0.226 e. The van der Waals surface area contributed by atoms with Gasteiger partial charge < -0.3 is 15.1 Å². The SMILES string of the molecule is CN=C(NCc1ccsc1)NCc1coc(-c2ccccc2)n1. The molecule has 0 saturated heterocycles. The molecule has 0 fully saturated rings. The van der Waals surface area contributed by atoms with Gasteiger partial charge in [-0.1, -0.05) is 18.2 Å². The normalized spacial score (nSPS) is 11.4. The number of aliphatic imine (C=N–C) groups is 1. The van der Waals surface area contributed by atoms with E-state index in [1.54, 1.807) is 24.6 Å². The molecule has 2 heterocycles. The standard InChI is InChI=1S/C17H18N4OS/c1-18-17(19-9-13-7-8-23-12-13)20-10-15-11-22-16(21-15)14-5-3-2-4-6-14/h2-8,11-12H,9-10H2,1H3,(H2,18,19,20). The van der Waals surface area contributed by atoms with Crippen LogP contribution in [0.1, 0.15) is 11.3 Å². The van der Waals surface area contributed by atoms with Crippen LogP contribution in [0.15, 0.2) is 62.8 Å². The lowest BCUT2D eigenvalue weighted by Gasteiger charge is -2.09. The lowest BCUT2D eigenvalue weighted by molar-refractivity contribution is 0.572. The molecule has 0 aliphatic rings. The van der Waals surface area contributed by atoms with E-state index in [1.165, 1.54) is 5.56 Å². The molecule has 118 valence electrons. The van der Waals surface area contributed by atoms with Crippen molar-refractivity contribution in [1.29, 1.82) is 0 Å². The number of nitrogens with one attached hydrogen (secondary N) is 2. The third-order valence-corrected chi connectivity index (χ3v) is 4.01. The average Bonchev–Trinajstić information content (AvgIpc) is 3.27. The van der Waals surface area contributed by atoms with Crippen molar-refractivity contribution in [3.63, 3.8) is 0 Å². The van der Waals surface area contributed by atoms with E-state index in [4.69, 9.17) is 4.42 Å². The first kappa shape index (κ1) is 15.3. The Balaban J connectivity index is 1.54. The summed E-state index contributed by atoms with van der Waals surface area (Å²) in [4.78, 5) is 8.69. The van der Waals surface area contributed by atoms with Gasteiger partial charge in [-0.3, -0.25) is 4.99 Å². The Bertz CT molecular complexity index is 750. The van der Waals surface area contributed by atoms with E-state index in [9.17, 15) is 0 Å². The molecule has 2 aromatic heterocycles. The Kier molecular flexibility index (Phi) is 5.06. The fourth-order valence-corrected chi connectivity index (χ4v) is 2.74. The second kappa shape index (κ2) is 7.60. The quantitative estimate of drug-likeness (QED) is 0.558. The highest BCUT2D eigenvalue weighted by atomic mass is 32.1. The second-order valence-corrected chi connectivity index (χ2v) is 5.70. The molecule has 0 saturated carbocycles. The summed E-state index contributed by atoms with van der Waals surface area (Å²) in [5, 5.41) is 10.7. The lowest BCUT2D eigenvalue weighted by Crippen LogP contribution is -2.36. The minimum absolute atomic E-state index is 0.555. The van der Waals surface area contributed by atoms with Crippen LogP contribution in [0.2, 0.25) is 0 Å². The number of aromatic nitrogens is 1. The van der Waals surface area contributed by atoms with Crippen LogP contribution in [0, 0.1) is 0 Å². The molecule has 3 rings (SSSR count). The van der Waals surface area contributed by atoms with Crippen molar-refractivity contribution >= 4 is 17.3 Å². The van der Waals surface area contributed by atoms with E-state index >= 15 is 0 Å². The highest BCUT2D eigenvalue weighted by molar-refractivity contribution is 7.07. The van der Waals surface area contributed by atoms with Crippen molar-refractivity contribution in [3.05, 3.63) is 64.7 Å². The molecule has 2 N–H and O–H groups in total. The number of guanidine groups is 1. The summed E-state index contributed by atoms with van der Waals surface area (Å²) in [6.07, 6.45) is 1.67. The molecule has 0 aliphatic heterocycles. The van der Waals surface area contributed by atoms with Gasteiger partial charge in [0.25, 0.3) is 0 Å². The van der Waals surface area contributed by atoms with Gasteiger partial charge in [-0.2, -0.15) is 11.3 Å². The summed E-state index contributed by atoms with van der Waals surface area (Å²) in [6.45, 7) is 1.30. The summed E-state index contributed by atoms with van der Waals surface area (Å²) in [6, 6.07) is 11.9. The predicted molar refractivity (Wildman–Crippen MR) is 93.3 cm³/mol. The number of hydrogen-bond acceptors (Lipinski definition) is 4. The maximum absolute atomic E-state index is 5.53. The van der Waals surface area contributed by atoms with Crippen LogP contribution in [0.4, 0.5) is 0 Å². The zero-order valence-corrected chi connectivity index (χ0v) is 13.6. The first-order chi connectivity index (χ1) is 11.3. The highest BCUT2D eigenvalue weighted by Crippen LogP contribution is 2.17. The van der Waals surface area contributed by atoms with Crippen molar-refractivity contribution < 1.29 is 4.42 Å². The van der Waals surface area contributed by atoms with Crippen molar-refractivity contribution in [2.75, 3.05) is 7.05 Å². The molecule has 3 aromatic rings. The summed E-state index contributed by atoms with van der Waals surface area (Å²) in [7, 11) is 1.75. The average molecular weight is 326 g/mol. The molecular formula is C17H18N4OS. The van der Waals surface area contributed by atoms with Gasteiger partial charge in [-0.05, 0) is 34.5 Å². The van der Waals surface area contributed by atoms with Gasteiger partial charge in [0.2, 0.25) is 5.89 Å². The van der Waals surface area contributed by atoms with E-state index in [2.05, 4.69) is 37.4 Å². The van der Waals surface area contributed by atoms with Crippen LogP contribution >= 0.6 is 11.3 Å². The zero-order chi connectivity index (χ0) is 15.9. The molecule has 6 heteroatoms. The maximum atomic E-state index is 5.53. The molecule has 0 bridgehead atoms. The van der Waals surface area contributed by atoms with Crippen LogP contribution in [-0.4, -0.2) is 18.0 Å². The number of rotatable bonds is 5. The van der Waals surface area contributed by atoms with E-state index < -0.39 is 0 Å². The first-order valence-electron chi connectivity index (χ1n) is 7.30. The summed E-state index contributed by atoms with van der Waals surface area (Å²) in [5.74, 6) is 1.36. The summed E-state index contributed by atoms with van der Waals surface area (Å²) >= 11 is 1.69. The monoisotopic (exact) mass is 326 g/mol. The third kappa shape index (κ3) is 4.20. The highest BCUT2D eigenvalue weighted by Gasteiger charge is 2.07. The second-order valence-electron chi connectivity index (χ2n) is 4.92. The van der Waals surface area contributed by atoms with E-state index in [-0.39, 0.29) is 0 Å². The molecule has 5 nitrogen and oxygen atoms in total. The lowest BCUT2D eigenvalue weighted by atomic mass is 10.2. The van der Waals surface area contributed by atoms with Crippen LogP contribution in [0.3, 0.4) is 0 Å². The van der Waals surface area contributed by atoms with Crippen LogP contribution in [0.5, 0.6) is 0 Å². The molecule has 0 radical (unpaired) electrons. The van der Waals surface area contributed by atoms with Gasteiger partial charge >= 0.3 is 0 Å². The minimum atomic E-state index is 0.555. The molecule has 23 heavy (non-hydrogen) atoms. The number of hydrogen-bond donors (Lipinski definition) is 2. The maximum Gasteiger partial charge on any atom is 0.226 e. The van der Waals surface area contributed by atoms with Gasteiger partial charge in [0.05, 0.1) is 12.2 Å². The zero-order valence-electron chi connectivity index (χ0n) is 12.8. The van der Waals surface area contributed by atoms with Crippen LogP contribution in [0.25, 0.3) is 11.5 Å². The van der Waals surface area contributed by atoms with E-state index in [1.807, 2.05) is 30.3 Å². The van der Waals surface area contributed by atoms with Gasteiger partial charge in [0, 0.05) is 19.2 Å². The minimum Gasteiger partial charge on any atom is -0.444 e. The Labute approximate surface area is 139 Å². The number of benzene rings is 1. The Morgan fingerprint density at radius 3 is 2.74 bits per heavy atom. The van der Waals surface area contributed by atoms with Crippen LogP contribution in [-0.2, 0) is 13.1 Å². The predicted octanol–water partition coefficient (Wildman–Crippen LogP) is 3.27. The molecule has 0 spiro atoms. The largest absolute Gasteiger partial charge is 0.444 e. The van der Waals surface area contributed by atoms with Gasteiger partial charge in [0.1, 0.15) is 6.26 Å². The Morgan fingerprint density at radius 2 is 2.00 bits per heavy atom. The van der Waals surface area contributed by atoms with Crippen molar-refractivity contribution in [1.82, 2.24) is 15.6 Å². The van der Waals surface area contributed by atoms with Crippen molar-refractivity contribution in [2.24, 2.45) is 4.99 Å². The van der Waals surface area contributed by atoms with Crippen LogP contribution < -0.4 is 10.6 Å². The molecular weight excluding hydrogens is 308 g/mol. The van der Waals surface area contributed by atoms with Crippen molar-refractivity contribution in [3.8, 4) is 11.5 Å². The molecule has 0 unspecified atom stereocenters. The molecule has 0 amide bonds. The van der Waals surface area contributed by atoms with Crippen molar-refractivity contribution in [2.45, 2.75) is 13.1 Å². The number of nitrogens with zero attached hydrogens (tertiary/aromatic N) is 2. The number of thiophene rings is 1. The third-order valence-electron chi connectivity index (χ3n) is 3.27. The van der Waals surface area contributed by atoms with Gasteiger partial charge in [-0.15, -0.1) is 0 Å². The Hall–Kier alpha value is -2.60. The van der Waals surface area contributed by atoms with Gasteiger partial charge in [0.15, 0.2) is 5.96 Å². The van der Waals surface area contributed by atoms with E-state index in [0.717, 1.165) is 23.8 Å². The molecule has 0 atom stereocenters. The number of oxazole rings is 1. The Morgan fingerprint density at radius 1 is 1.17 bits per heavy atom. The molecule has 0 aliphatic carbocycles. The van der Waals surface area contributed by atoms with E-state index in [0.29, 0.717) is 12.4 Å². The fourth-order valence-electron chi connectivity index (χ4n) is 2.08. The van der Waals surface area contributed by atoms with Gasteiger partial charge in [-0.25, -0.2) is 4.98 Å². The first-order valence-corrected chi connectivity index (χ1v) is 8.25. The molecule has 1 aromatic carbocycles. The summed E-state index contributed by atoms with van der Waals surface area (Å²) < 4.78 is 5.53. The topological polar surface area (TPSA) is 62.5 Å².